The molecule has 0 bridgehead atoms. The van der Waals surface area contributed by atoms with Gasteiger partial charge in [-0.05, 0) is 23.8 Å². The highest BCUT2D eigenvalue weighted by molar-refractivity contribution is 7.10. The quantitative estimate of drug-likeness (QED) is 0.837. The van der Waals surface area contributed by atoms with Crippen molar-refractivity contribution in [1.82, 2.24) is 10.6 Å². The number of hydrogen-bond donors (Lipinski definition) is 2. The van der Waals surface area contributed by atoms with Gasteiger partial charge in [0.2, 0.25) is 0 Å². The van der Waals surface area contributed by atoms with E-state index < -0.39 is 0 Å². The Morgan fingerprint density at radius 1 is 1.50 bits per heavy atom. The largest absolute Gasteiger partial charge is 0.338 e. The Kier molecular flexibility index (Phi) is 4.35. The number of amides is 2. The topological polar surface area (TPSA) is 41.1 Å². The van der Waals surface area contributed by atoms with Gasteiger partial charge in [-0.15, -0.1) is 11.3 Å². The summed E-state index contributed by atoms with van der Waals surface area (Å²) in [5.74, 6) is 0. The Morgan fingerprint density at radius 2 is 2.19 bits per heavy atom. The van der Waals surface area contributed by atoms with Crippen LogP contribution in [0.4, 0.5) is 4.79 Å². The Bertz CT molecular complexity index is 327. The van der Waals surface area contributed by atoms with Crippen LogP contribution in [0.25, 0.3) is 0 Å². The fourth-order valence-electron chi connectivity index (χ4n) is 1.20. The summed E-state index contributed by atoms with van der Waals surface area (Å²) in [6, 6.07) is 3.99. The van der Waals surface area contributed by atoms with E-state index in [1.54, 1.807) is 11.3 Å². The molecule has 1 unspecified atom stereocenters. The molecule has 4 heteroatoms. The lowest BCUT2D eigenvalue weighted by molar-refractivity contribution is 0.233. The van der Waals surface area contributed by atoms with Gasteiger partial charge in [-0.1, -0.05) is 26.8 Å². The molecule has 0 fully saturated rings. The van der Waals surface area contributed by atoms with Crippen molar-refractivity contribution in [3.63, 3.8) is 0 Å². The van der Waals surface area contributed by atoms with Crippen LogP contribution in [0.3, 0.4) is 0 Å². The van der Waals surface area contributed by atoms with Gasteiger partial charge < -0.3 is 10.6 Å². The van der Waals surface area contributed by atoms with Gasteiger partial charge in [-0.3, -0.25) is 0 Å². The second-order valence-electron chi connectivity index (χ2n) is 5.12. The van der Waals surface area contributed by atoms with Crippen LogP contribution in [-0.2, 0) is 0 Å². The predicted octanol–water partition coefficient (Wildman–Crippen LogP) is 3.15. The molecule has 0 aliphatic heterocycles. The Morgan fingerprint density at radius 3 is 2.69 bits per heavy atom. The minimum atomic E-state index is -0.101. The van der Waals surface area contributed by atoms with Crippen molar-refractivity contribution < 1.29 is 4.79 Å². The van der Waals surface area contributed by atoms with Crippen molar-refractivity contribution in [2.75, 3.05) is 6.54 Å². The summed E-state index contributed by atoms with van der Waals surface area (Å²) in [5.41, 5.74) is 0.115. The molecule has 0 spiro atoms. The number of urea groups is 1. The van der Waals surface area contributed by atoms with Crippen molar-refractivity contribution in [2.45, 2.75) is 33.7 Å². The first-order valence-corrected chi connectivity index (χ1v) is 6.34. The van der Waals surface area contributed by atoms with Crippen LogP contribution in [0.2, 0.25) is 0 Å². The number of thiophene rings is 1. The molecule has 0 saturated carbocycles. The lowest BCUT2D eigenvalue weighted by Crippen LogP contribution is -2.40. The molecule has 0 aromatic carbocycles. The number of rotatable bonds is 3. The first-order chi connectivity index (χ1) is 7.38. The fourth-order valence-corrected chi connectivity index (χ4v) is 1.94. The van der Waals surface area contributed by atoms with Crippen LogP contribution >= 0.6 is 11.3 Å². The van der Waals surface area contributed by atoms with E-state index in [1.807, 2.05) is 24.4 Å². The highest BCUT2D eigenvalue weighted by Gasteiger charge is 2.14. The van der Waals surface area contributed by atoms with Gasteiger partial charge in [0.15, 0.2) is 0 Å². The molecule has 0 aliphatic carbocycles. The maximum Gasteiger partial charge on any atom is 0.315 e. The second-order valence-corrected chi connectivity index (χ2v) is 6.10. The molecular weight excluding hydrogens is 220 g/mol. The van der Waals surface area contributed by atoms with Gasteiger partial charge in [0.1, 0.15) is 0 Å². The van der Waals surface area contributed by atoms with E-state index in [0.29, 0.717) is 6.54 Å². The van der Waals surface area contributed by atoms with Crippen molar-refractivity contribution in [3.05, 3.63) is 22.4 Å². The normalized spacial score (nSPS) is 13.2. The SMILES string of the molecule is CC(NC(=O)NCC(C)(C)C)c1cccs1. The monoisotopic (exact) mass is 240 g/mol. The maximum atomic E-state index is 11.6. The number of hydrogen-bond acceptors (Lipinski definition) is 2. The summed E-state index contributed by atoms with van der Waals surface area (Å²) in [4.78, 5) is 12.7. The van der Waals surface area contributed by atoms with Crippen LogP contribution in [-0.4, -0.2) is 12.6 Å². The zero-order valence-corrected chi connectivity index (χ0v) is 11.1. The van der Waals surface area contributed by atoms with E-state index in [1.165, 1.54) is 4.88 Å². The third-order valence-electron chi connectivity index (χ3n) is 2.10. The fraction of sp³-hybridized carbons (Fsp3) is 0.583. The lowest BCUT2D eigenvalue weighted by Gasteiger charge is -2.20. The van der Waals surface area contributed by atoms with Crippen LogP contribution in [0, 0.1) is 5.41 Å². The molecule has 1 aromatic rings. The summed E-state index contributed by atoms with van der Waals surface area (Å²) in [5, 5.41) is 7.80. The van der Waals surface area contributed by atoms with Crippen LogP contribution in [0.15, 0.2) is 17.5 Å². The molecule has 1 aromatic heterocycles. The molecule has 0 radical (unpaired) electrons. The molecule has 1 atom stereocenters. The van der Waals surface area contributed by atoms with Gasteiger partial charge in [0.05, 0.1) is 6.04 Å². The average Bonchev–Trinajstić information content (AvgIpc) is 2.66. The average molecular weight is 240 g/mol. The summed E-state index contributed by atoms with van der Waals surface area (Å²) in [6.45, 7) is 8.94. The van der Waals surface area contributed by atoms with Crippen molar-refractivity contribution >= 4 is 17.4 Å². The molecule has 2 amide bonds. The molecule has 3 nitrogen and oxygen atoms in total. The van der Waals surface area contributed by atoms with E-state index in [-0.39, 0.29) is 17.5 Å². The minimum absolute atomic E-state index is 0.0694. The molecule has 2 N–H and O–H groups in total. The summed E-state index contributed by atoms with van der Waals surface area (Å²) >= 11 is 1.65. The van der Waals surface area contributed by atoms with E-state index in [4.69, 9.17) is 0 Å². The van der Waals surface area contributed by atoms with Gasteiger partial charge >= 0.3 is 6.03 Å². The number of carbonyl (C=O) groups is 1. The minimum Gasteiger partial charge on any atom is -0.338 e. The van der Waals surface area contributed by atoms with Gasteiger partial charge in [0, 0.05) is 11.4 Å². The van der Waals surface area contributed by atoms with E-state index >= 15 is 0 Å². The highest BCUT2D eigenvalue weighted by atomic mass is 32.1. The Balaban J connectivity index is 2.35. The van der Waals surface area contributed by atoms with Crippen LogP contribution in [0.1, 0.15) is 38.6 Å². The van der Waals surface area contributed by atoms with E-state index in [0.717, 1.165) is 0 Å². The molecule has 0 aliphatic rings. The summed E-state index contributed by atoms with van der Waals surface area (Å²) in [6.07, 6.45) is 0. The highest BCUT2D eigenvalue weighted by Crippen LogP contribution is 2.17. The first-order valence-electron chi connectivity index (χ1n) is 5.46. The molecule has 1 heterocycles. The third kappa shape index (κ3) is 4.66. The molecule has 0 saturated heterocycles. The zero-order chi connectivity index (χ0) is 12.2. The van der Waals surface area contributed by atoms with Crippen LogP contribution < -0.4 is 10.6 Å². The smallest absolute Gasteiger partial charge is 0.315 e. The third-order valence-corrected chi connectivity index (χ3v) is 3.15. The van der Waals surface area contributed by atoms with Crippen molar-refractivity contribution in [1.29, 1.82) is 0 Å². The molecule has 90 valence electrons. The Hall–Kier alpha value is -1.03. The van der Waals surface area contributed by atoms with Crippen molar-refractivity contribution in [3.8, 4) is 0 Å². The zero-order valence-electron chi connectivity index (χ0n) is 10.3. The maximum absolute atomic E-state index is 11.6. The predicted molar refractivity (Wildman–Crippen MR) is 68.7 cm³/mol. The van der Waals surface area contributed by atoms with E-state index in [9.17, 15) is 4.79 Å². The second kappa shape index (κ2) is 5.34. The number of nitrogens with one attached hydrogen (secondary N) is 2. The Labute approximate surface area is 101 Å². The van der Waals surface area contributed by atoms with Crippen molar-refractivity contribution in [2.24, 2.45) is 5.41 Å². The summed E-state index contributed by atoms with van der Waals surface area (Å²) in [7, 11) is 0. The summed E-state index contributed by atoms with van der Waals surface area (Å²) < 4.78 is 0. The molecule has 16 heavy (non-hydrogen) atoms. The molecular formula is C12H20N2OS. The van der Waals surface area contributed by atoms with Crippen LogP contribution in [0.5, 0.6) is 0 Å². The molecule has 1 rings (SSSR count). The van der Waals surface area contributed by atoms with Gasteiger partial charge in [0.25, 0.3) is 0 Å². The van der Waals surface area contributed by atoms with E-state index in [2.05, 4.69) is 31.4 Å². The standard InChI is InChI=1S/C12H20N2OS/c1-9(10-6-5-7-16-10)14-11(15)13-8-12(2,3)4/h5-7,9H,8H2,1-4H3,(H2,13,14,15). The first kappa shape index (κ1) is 13.0. The van der Waals surface area contributed by atoms with Gasteiger partial charge in [-0.2, -0.15) is 0 Å². The number of carbonyl (C=O) groups excluding carboxylic acids is 1. The lowest BCUT2D eigenvalue weighted by atomic mass is 9.97. The van der Waals surface area contributed by atoms with Gasteiger partial charge in [-0.25, -0.2) is 4.79 Å².